The van der Waals surface area contributed by atoms with Gasteiger partial charge in [0.25, 0.3) is 0 Å². The van der Waals surface area contributed by atoms with Gasteiger partial charge in [0.2, 0.25) is 0 Å². The predicted molar refractivity (Wildman–Crippen MR) is 77.1 cm³/mol. The maximum Gasteiger partial charge on any atom is 0.319 e. The van der Waals surface area contributed by atoms with E-state index in [4.69, 9.17) is 22.0 Å². The van der Waals surface area contributed by atoms with Crippen molar-refractivity contribution in [2.24, 2.45) is 5.92 Å². The van der Waals surface area contributed by atoms with Crippen LogP contribution >= 0.6 is 11.6 Å². The number of anilines is 1. The Morgan fingerprint density at radius 2 is 2.14 bits per heavy atom. The number of nitrogens with one attached hydrogen (secondary N) is 2. The summed E-state index contributed by atoms with van der Waals surface area (Å²) in [5, 5.41) is 23.4. The van der Waals surface area contributed by atoms with Crippen LogP contribution in [0.15, 0.2) is 18.2 Å². The molecule has 0 heterocycles. The monoisotopic (exact) mass is 307 g/mol. The highest BCUT2D eigenvalue weighted by atomic mass is 35.5. The number of aliphatic carboxylic acids is 1. The molecule has 1 aromatic carbocycles. The first kappa shape index (κ1) is 15.1. The molecule has 0 aromatic heterocycles. The normalized spacial score (nSPS) is 20.6. The van der Waals surface area contributed by atoms with Crippen molar-refractivity contribution in [1.82, 2.24) is 5.32 Å². The van der Waals surface area contributed by atoms with Crippen LogP contribution < -0.4 is 10.6 Å². The molecule has 2 atom stereocenters. The fraction of sp³-hybridized carbons (Fsp3) is 0.357. The summed E-state index contributed by atoms with van der Waals surface area (Å²) < 4.78 is 0. The van der Waals surface area contributed by atoms with Gasteiger partial charge in [0.05, 0.1) is 28.3 Å². The third kappa shape index (κ3) is 3.86. The highest BCUT2D eigenvalue weighted by Gasteiger charge is 2.30. The lowest BCUT2D eigenvalue weighted by Crippen LogP contribution is -2.36. The Bertz CT molecular complexity index is 612. The van der Waals surface area contributed by atoms with E-state index >= 15 is 0 Å². The number of amides is 2. The van der Waals surface area contributed by atoms with E-state index in [0.29, 0.717) is 35.5 Å². The molecule has 0 spiro atoms. The van der Waals surface area contributed by atoms with Crippen molar-refractivity contribution in [2.45, 2.75) is 25.3 Å². The molecule has 0 radical (unpaired) electrons. The van der Waals surface area contributed by atoms with Crippen LogP contribution in [0.5, 0.6) is 0 Å². The van der Waals surface area contributed by atoms with Gasteiger partial charge in [-0.05, 0) is 37.5 Å². The minimum Gasteiger partial charge on any atom is -0.481 e. The molecule has 0 saturated heterocycles. The van der Waals surface area contributed by atoms with Crippen LogP contribution in [0, 0.1) is 17.2 Å². The van der Waals surface area contributed by atoms with Crippen molar-refractivity contribution >= 4 is 29.3 Å². The minimum absolute atomic E-state index is 0.163. The summed E-state index contributed by atoms with van der Waals surface area (Å²) in [4.78, 5) is 22.7. The van der Waals surface area contributed by atoms with E-state index in [1.54, 1.807) is 6.07 Å². The van der Waals surface area contributed by atoms with Crippen LogP contribution in [0.25, 0.3) is 0 Å². The zero-order valence-electron chi connectivity index (χ0n) is 11.1. The van der Waals surface area contributed by atoms with E-state index in [2.05, 4.69) is 10.6 Å². The molecule has 110 valence electrons. The molecule has 7 heteroatoms. The van der Waals surface area contributed by atoms with Crippen LogP contribution in [0.3, 0.4) is 0 Å². The van der Waals surface area contributed by atoms with Gasteiger partial charge in [0, 0.05) is 6.04 Å². The number of hydrogen-bond acceptors (Lipinski definition) is 3. The molecule has 1 aliphatic rings. The number of halogens is 1. The maximum absolute atomic E-state index is 11.9. The number of hydrogen-bond donors (Lipinski definition) is 3. The highest BCUT2D eigenvalue weighted by Crippen LogP contribution is 2.26. The highest BCUT2D eigenvalue weighted by molar-refractivity contribution is 6.33. The van der Waals surface area contributed by atoms with Gasteiger partial charge in [-0.15, -0.1) is 0 Å². The summed E-state index contributed by atoms with van der Waals surface area (Å²) in [5.41, 5.74) is 0.738. The van der Waals surface area contributed by atoms with E-state index < -0.39 is 17.9 Å². The Balaban J connectivity index is 1.94. The van der Waals surface area contributed by atoms with Gasteiger partial charge in [0.15, 0.2) is 0 Å². The quantitative estimate of drug-likeness (QED) is 0.798. The Kier molecular flexibility index (Phi) is 4.66. The number of carboxylic acid groups (broad SMARTS) is 1. The topological polar surface area (TPSA) is 102 Å². The molecule has 0 aliphatic heterocycles. The van der Waals surface area contributed by atoms with Crippen LogP contribution in [-0.4, -0.2) is 23.1 Å². The largest absolute Gasteiger partial charge is 0.481 e. The fourth-order valence-electron chi connectivity index (χ4n) is 2.37. The summed E-state index contributed by atoms with van der Waals surface area (Å²) in [7, 11) is 0. The summed E-state index contributed by atoms with van der Waals surface area (Å²) in [6.45, 7) is 0. The van der Waals surface area contributed by atoms with E-state index in [0.717, 1.165) is 0 Å². The van der Waals surface area contributed by atoms with Crippen molar-refractivity contribution in [3.05, 3.63) is 28.8 Å². The van der Waals surface area contributed by atoms with Crippen molar-refractivity contribution in [3.8, 4) is 6.07 Å². The molecule has 3 N–H and O–H groups in total. The summed E-state index contributed by atoms with van der Waals surface area (Å²) in [5.74, 6) is -1.23. The molecule has 1 aliphatic carbocycles. The molecule has 1 aromatic rings. The minimum atomic E-state index is -0.829. The first-order chi connectivity index (χ1) is 9.99. The smallest absolute Gasteiger partial charge is 0.319 e. The van der Waals surface area contributed by atoms with Crippen LogP contribution in [0.4, 0.5) is 10.5 Å². The second-order valence-electron chi connectivity index (χ2n) is 4.95. The van der Waals surface area contributed by atoms with Gasteiger partial charge in [-0.25, -0.2) is 4.79 Å². The summed E-state index contributed by atoms with van der Waals surface area (Å²) >= 11 is 5.95. The van der Waals surface area contributed by atoms with Gasteiger partial charge in [-0.1, -0.05) is 11.6 Å². The maximum atomic E-state index is 11.9. The summed E-state index contributed by atoms with van der Waals surface area (Å²) in [6, 6.07) is 5.92. The molecular weight excluding hydrogens is 294 g/mol. The number of carbonyl (C=O) groups excluding carboxylic acids is 1. The molecule has 2 rings (SSSR count). The third-order valence-corrected chi connectivity index (χ3v) is 3.79. The first-order valence-corrected chi connectivity index (χ1v) is 6.87. The van der Waals surface area contributed by atoms with Crippen LogP contribution in [-0.2, 0) is 4.79 Å². The SMILES string of the molecule is N#Cc1ccc(Cl)c(NC(=O)NC2CCC(C(=O)O)C2)c1. The molecule has 0 bridgehead atoms. The van der Waals surface area contributed by atoms with Crippen molar-refractivity contribution in [3.63, 3.8) is 0 Å². The molecule has 1 fully saturated rings. The zero-order valence-corrected chi connectivity index (χ0v) is 11.9. The van der Waals surface area contributed by atoms with Crippen LogP contribution in [0.2, 0.25) is 5.02 Å². The van der Waals surface area contributed by atoms with Gasteiger partial charge < -0.3 is 15.7 Å². The van der Waals surface area contributed by atoms with Crippen molar-refractivity contribution in [2.75, 3.05) is 5.32 Å². The zero-order chi connectivity index (χ0) is 15.4. The second-order valence-corrected chi connectivity index (χ2v) is 5.36. The first-order valence-electron chi connectivity index (χ1n) is 6.49. The number of carbonyl (C=O) groups is 2. The number of nitriles is 1. The summed E-state index contributed by atoms with van der Waals surface area (Å²) in [6.07, 6.45) is 1.62. The molecule has 2 unspecified atom stereocenters. The van der Waals surface area contributed by atoms with E-state index in [1.807, 2.05) is 6.07 Å². The standard InChI is InChI=1S/C14H14ClN3O3/c15-11-4-1-8(7-16)5-12(11)18-14(21)17-10-3-2-9(6-10)13(19)20/h1,4-5,9-10H,2-3,6H2,(H,19,20)(H2,17,18,21). The molecule has 6 nitrogen and oxygen atoms in total. The Morgan fingerprint density at radius 1 is 1.38 bits per heavy atom. The second kappa shape index (κ2) is 6.46. The number of benzene rings is 1. The van der Waals surface area contributed by atoms with Crippen molar-refractivity contribution < 1.29 is 14.7 Å². The molecule has 2 amide bonds. The van der Waals surface area contributed by atoms with Gasteiger partial charge in [0.1, 0.15) is 0 Å². The average Bonchev–Trinajstić information content (AvgIpc) is 2.90. The number of urea groups is 1. The Morgan fingerprint density at radius 3 is 2.76 bits per heavy atom. The van der Waals surface area contributed by atoms with Gasteiger partial charge >= 0.3 is 12.0 Å². The van der Waals surface area contributed by atoms with Crippen LogP contribution in [0.1, 0.15) is 24.8 Å². The molecular formula is C14H14ClN3O3. The van der Waals surface area contributed by atoms with E-state index in [9.17, 15) is 9.59 Å². The van der Waals surface area contributed by atoms with E-state index in [1.165, 1.54) is 12.1 Å². The lowest BCUT2D eigenvalue weighted by atomic mass is 10.1. The lowest BCUT2D eigenvalue weighted by Gasteiger charge is -2.14. The number of carboxylic acids is 1. The molecule has 1 saturated carbocycles. The van der Waals surface area contributed by atoms with Gasteiger partial charge in [-0.2, -0.15) is 5.26 Å². The number of rotatable bonds is 3. The molecule has 21 heavy (non-hydrogen) atoms. The predicted octanol–water partition coefficient (Wildman–Crippen LogP) is 2.59. The Labute approximate surface area is 126 Å². The van der Waals surface area contributed by atoms with Gasteiger partial charge in [-0.3, -0.25) is 4.79 Å². The number of nitrogens with zero attached hydrogens (tertiary/aromatic N) is 1. The lowest BCUT2D eigenvalue weighted by molar-refractivity contribution is -0.141. The average molecular weight is 308 g/mol. The van der Waals surface area contributed by atoms with E-state index in [-0.39, 0.29) is 6.04 Å². The Hall–Kier alpha value is -2.26. The van der Waals surface area contributed by atoms with Crippen molar-refractivity contribution in [1.29, 1.82) is 5.26 Å². The third-order valence-electron chi connectivity index (χ3n) is 3.46. The fourth-order valence-corrected chi connectivity index (χ4v) is 2.54.